The van der Waals surface area contributed by atoms with Crippen LogP contribution in [0.15, 0.2) is 18.2 Å². The summed E-state index contributed by atoms with van der Waals surface area (Å²) < 4.78 is 5.48. The van der Waals surface area contributed by atoms with Crippen LogP contribution in [-0.4, -0.2) is 42.1 Å². The molecule has 0 radical (unpaired) electrons. The summed E-state index contributed by atoms with van der Waals surface area (Å²) in [5.41, 5.74) is 3.06. The van der Waals surface area contributed by atoms with Crippen molar-refractivity contribution < 1.29 is 14.3 Å². The zero-order valence-electron chi connectivity index (χ0n) is 13.8. The van der Waals surface area contributed by atoms with Crippen LogP contribution in [0.1, 0.15) is 37.8 Å². The molecule has 0 aromatic heterocycles. The Balaban J connectivity index is 1.65. The second-order valence-electron chi connectivity index (χ2n) is 7.69. The van der Waals surface area contributed by atoms with E-state index in [9.17, 15) is 9.59 Å². The minimum atomic E-state index is -0.516. The standard InChI is InChI=1S/C18H22N2O3/c1-18(2,3)23-17(22)19-9-13-12-6-4-5-11-7-8-20(15(11)12)16(21)14(13)10-19/h4-6,13-14H,7-10H2,1-3H3. The van der Waals surface area contributed by atoms with Gasteiger partial charge in [0, 0.05) is 25.6 Å². The topological polar surface area (TPSA) is 49.9 Å². The van der Waals surface area contributed by atoms with E-state index >= 15 is 0 Å². The van der Waals surface area contributed by atoms with Crippen molar-refractivity contribution in [3.05, 3.63) is 29.3 Å². The van der Waals surface area contributed by atoms with Crippen LogP contribution in [0, 0.1) is 5.92 Å². The first-order valence-corrected chi connectivity index (χ1v) is 8.26. The largest absolute Gasteiger partial charge is 0.444 e. The second-order valence-corrected chi connectivity index (χ2v) is 7.69. The molecule has 23 heavy (non-hydrogen) atoms. The third kappa shape index (κ3) is 2.21. The number of likely N-dealkylation sites (tertiary alicyclic amines) is 1. The number of carbonyl (C=O) groups is 2. The van der Waals surface area contributed by atoms with Crippen molar-refractivity contribution in [2.24, 2.45) is 5.92 Å². The molecule has 3 aliphatic heterocycles. The Morgan fingerprint density at radius 3 is 2.70 bits per heavy atom. The van der Waals surface area contributed by atoms with Crippen molar-refractivity contribution in [3.8, 4) is 0 Å². The molecule has 2 amide bonds. The Hall–Kier alpha value is -2.04. The summed E-state index contributed by atoms with van der Waals surface area (Å²) in [5, 5.41) is 0. The summed E-state index contributed by atoms with van der Waals surface area (Å²) in [4.78, 5) is 28.8. The van der Waals surface area contributed by atoms with Crippen molar-refractivity contribution >= 4 is 17.7 Å². The number of hydrogen-bond donors (Lipinski definition) is 0. The lowest BCUT2D eigenvalue weighted by molar-refractivity contribution is -0.122. The molecule has 5 heteroatoms. The highest BCUT2D eigenvalue weighted by Crippen LogP contribution is 2.47. The molecular weight excluding hydrogens is 292 g/mol. The molecule has 5 nitrogen and oxygen atoms in total. The van der Waals surface area contributed by atoms with Gasteiger partial charge in [0.25, 0.3) is 0 Å². The highest BCUT2D eigenvalue weighted by molar-refractivity contribution is 6.01. The lowest BCUT2D eigenvalue weighted by atomic mass is 9.83. The Labute approximate surface area is 136 Å². The second kappa shape index (κ2) is 4.73. The van der Waals surface area contributed by atoms with Crippen LogP contribution >= 0.6 is 0 Å². The number of anilines is 1. The molecule has 2 unspecified atom stereocenters. The summed E-state index contributed by atoms with van der Waals surface area (Å²) >= 11 is 0. The van der Waals surface area contributed by atoms with Gasteiger partial charge in [0.05, 0.1) is 11.6 Å². The lowest BCUT2D eigenvalue weighted by Gasteiger charge is -2.33. The predicted octanol–water partition coefficient (Wildman–Crippen LogP) is 2.54. The molecule has 0 N–H and O–H groups in total. The van der Waals surface area contributed by atoms with E-state index in [0.717, 1.165) is 18.7 Å². The summed E-state index contributed by atoms with van der Waals surface area (Å²) in [6.07, 6.45) is 0.616. The van der Waals surface area contributed by atoms with Crippen LogP contribution in [0.4, 0.5) is 10.5 Å². The zero-order chi connectivity index (χ0) is 16.4. The van der Waals surface area contributed by atoms with Gasteiger partial charge in [-0.2, -0.15) is 0 Å². The van der Waals surface area contributed by atoms with Crippen molar-refractivity contribution in [1.82, 2.24) is 4.90 Å². The van der Waals surface area contributed by atoms with Crippen LogP contribution in [0.2, 0.25) is 0 Å². The average Bonchev–Trinajstić information content (AvgIpc) is 3.08. The van der Waals surface area contributed by atoms with Gasteiger partial charge in [-0.15, -0.1) is 0 Å². The van der Waals surface area contributed by atoms with Crippen LogP contribution < -0.4 is 4.90 Å². The molecule has 1 fully saturated rings. The number of hydrogen-bond acceptors (Lipinski definition) is 3. The molecule has 3 heterocycles. The van der Waals surface area contributed by atoms with E-state index in [2.05, 4.69) is 18.2 Å². The summed E-state index contributed by atoms with van der Waals surface area (Å²) in [6, 6.07) is 6.29. The third-order valence-corrected chi connectivity index (χ3v) is 4.98. The summed E-state index contributed by atoms with van der Waals surface area (Å²) in [6.45, 7) is 7.37. The van der Waals surface area contributed by atoms with Gasteiger partial charge in [-0.05, 0) is 38.3 Å². The minimum Gasteiger partial charge on any atom is -0.444 e. The van der Waals surface area contributed by atoms with Crippen molar-refractivity contribution in [3.63, 3.8) is 0 Å². The Bertz CT molecular complexity index is 692. The minimum absolute atomic E-state index is 0.0966. The van der Waals surface area contributed by atoms with E-state index < -0.39 is 5.60 Å². The normalized spacial score (nSPS) is 25.4. The number of fused-ring (bicyclic) bond motifs is 2. The third-order valence-electron chi connectivity index (χ3n) is 4.98. The SMILES string of the molecule is CC(C)(C)OC(=O)N1CC2C(=O)N3CCc4cccc(c43)C2C1. The maximum Gasteiger partial charge on any atom is 0.410 e. The number of amides is 2. The van der Waals surface area contributed by atoms with Gasteiger partial charge in [-0.25, -0.2) is 4.79 Å². The van der Waals surface area contributed by atoms with E-state index in [4.69, 9.17) is 4.74 Å². The van der Waals surface area contributed by atoms with E-state index in [-0.39, 0.29) is 23.8 Å². The number of benzene rings is 1. The summed E-state index contributed by atoms with van der Waals surface area (Å²) in [5.74, 6) is 0.126. The molecule has 3 aliphatic rings. The highest BCUT2D eigenvalue weighted by atomic mass is 16.6. The molecule has 1 saturated heterocycles. The molecule has 0 saturated carbocycles. The molecule has 1 aromatic carbocycles. The van der Waals surface area contributed by atoms with E-state index in [1.165, 1.54) is 11.1 Å². The van der Waals surface area contributed by atoms with Gasteiger partial charge in [-0.1, -0.05) is 18.2 Å². The maximum absolute atomic E-state index is 12.8. The van der Waals surface area contributed by atoms with Crippen LogP contribution in [-0.2, 0) is 16.0 Å². The molecule has 0 aliphatic carbocycles. The first kappa shape index (κ1) is 14.5. The Kier molecular flexibility index (Phi) is 2.99. The molecule has 0 bridgehead atoms. The quantitative estimate of drug-likeness (QED) is 0.739. The van der Waals surface area contributed by atoms with Crippen LogP contribution in [0.3, 0.4) is 0 Å². The van der Waals surface area contributed by atoms with Gasteiger partial charge in [0.2, 0.25) is 5.91 Å². The molecule has 122 valence electrons. The molecule has 2 atom stereocenters. The fraction of sp³-hybridized carbons (Fsp3) is 0.556. The highest BCUT2D eigenvalue weighted by Gasteiger charge is 2.49. The Morgan fingerprint density at radius 1 is 1.22 bits per heavy atom. The molecule has 4 rings (SSSR count). The van der Waals surface area contributed by atoms with Crippen molar-refractivity contribution in [2.45, 2.75) is 38.7 Å². The number of para-hydroxylation sites is 1. The number of nitrogens with zero attached hydrogens (tertiary/aromatic N) is 2. The monoisotopic (exact) mass is 314 g/mol. The first-order valence-electron chi connectivity index (χ1n) is 8.26. The van der Waals surface area contributed by atoms with Crippen molar-refractivity contribution in [1.29, 1.82) is 0 Å². The first-order chi connectivity index (χ1) is 10.8. The predicted molar refractivity (Wildman–Crippen MR) is 86.5 cm³/mol. The van der Waals surface area contributed by atoms with E-state index in [1.54, 1.807) is 4.90 Å². The van der Waals surface area contributed by atoms with Crippen LogP contribution in [0.5, 0.6) is 0 Å². The molecule has 0 spiro atoms. The smallest absolute Gasteiger partial charge is 0.410 e. The average molecular weight is 314 g/mol. The molecular formula is C18H22N2O3. The number of ether oxygens (including phenoxy) is 1. The van der Waals surface area contributed by atoms with Crippen molar-refractivity contribution in [2.75, 3.05) is 24.5 Å². The van der Waals surface area contributed by atoms with Crippen LogP contribution in [0.25, 0.3) is 0 Å². The van der Waals surface area contributed by atoms with Gasteiger partial charge in [0.1, 0.15) is 5.60 Å². The number of rotatable bonds is 0. The van der Waals surface area contributed by atoms with Gasteiger partial charge in [-0.3, -0.25) is 4.79 Å². The zero-order valence-corrected chi connectivity index (χ0v) is 13.8. The lowest BCUT2D eigenvalue weighted by Crippen LogP contribution is -2.42. The molecule has 1 aromatic rings. The fourth-order valence-corrected chi connectivity index (χ4v) is 4.05. The fourth-order valence-electron chi connectivity index (χ4n) is 4.05. The maximum atomic E-state index is 12.8. The van der Waals surface area contributed by atoms with Gasteiger partial charge >= 0.3 is 6.09 Å². The van der Waals surface area contributed by atoms with Gasteiger partial charge < -0.3 is 14.5 Å². The Morgan fingerprint density at radius 2 is 1.96 bits per heavy atom. The van der Waals surface area contributed by atoms with E-state index in [0.29, 0.717) is 13.1 Å². The van der Waals surface area contributed by atoms with E-state index in [1.807, 2.05) is 25.7 Å². The number of carbonyl (C=O) groups excluding carboxylic acids is 2. The summed E-state index contributed by atoms with van der Waals surface area (Å²) in [7, 11) is 0. The van der Waals surface area contributed by atoms with Gasteiger partial charge in [0.15, 0.2) is 0 Å².